The molecule has 0 fully saturated rings. The molecule has 4 amide bonds. The van der Waals surface area contributed by atoms with Gasteiger partial charge in [-0.3, -0.25) is 28.9 Å². The van der Waals surface area contributed by atoms with Gasteiger partial charge in [0.05, 0.1) is 11.1 Å². The summed E-state index contributed by atoms with van der Waals surface area (Å²) in [6.07, 6.45) is 0. The number of benzene rings is 3. The van der Waals surface area contributed by atoms with Crippen molar-refractivity contribution in [2.75, 3.05) is 11.9 Å². The van der Waals surface area contributed by atoms with Crippen LogP contribution in [0.15, 0.2) is 71.2 Å². The number of hydrogen-bond acceptors (Lipinski definition) is 6. The number of nitrogens with one attached hydrogen (secondary N) is 2. The fourth-order valence-corrected chi connectivity index (χ4v) is 3.97. The molecule has 10 heteroatoms. The monoisotopic (exact) mass is 549 g/mol. The summed E-state index contributed by atoms with van der Waals surface area (Å²) < 4.78 is 5.66. The second-order valence-electron chi connectivity index (χ2n) is 7.94. The molecule has 3 aromatic rings. The number of amides is 4. The summed E-state index contributed by atoms with van der Waals surface area (Å²) in [4.78, 5) is 61.9. The summed E-state index contributed by atoms with van der Waals surface area (Å²) in [6.45, 7) is 1.10. The molecule has 1 aliphatic rings. The third-order valence-electron chi connectivity index (χ3n) is 5.28. The first kappa shape index (κ1) is 24.8. The van der Waals surface area contributed by atoms with Crippen LogP contribution in [0.4, 0.5) is 5.69 Å². The zero-order valence-electron chi connectivity index (χ0n) is 19.0. The minimum Gasteiger partial charge on any atom is -0.427 e. The Morgan fingerprint density at radius 3 is 2.36 bits per heavy atom. The van der Waals surface area contributed by atoms with Crippen LogP contribution in [0.5, 0.6) is 5.75 Å². The van der Waals surface area contributed by atoms with Gasteiger partial charge in [0.1, 0.15) is 12.3 Å². The van der Waals surface area contributed by atoms with Gasteiger partial charge in [-0.15, -0.1) is 0 Å². The molecule has 0 bridgehead atoms. The number of halogens is 1. The molecule has 36 heavy (non-hydrogen) atoms. The van der Waals surface area contributed by atoms with Crippen molar-refractivity contribution in [1.29, 1.82) is 0 Å². The highest BCUT2D eigenvalue weighted by Crippen LogP contribution is 2.26. The van der Waals surface area contributed by atoms with E-state index in [9.17, 15) is 24.0 Å². The van der Waals surface area contributed by atoms with Gasteiger partial charge in [-0.25, -0.2) is 0 Å². The Kier molecular flexibility index (Phi) is 7.25. The standard InChI is InChI=1S/C26H20BrN3O6/c1-15(31)36-20-4-2-3-17(11-20)24(33)28-13-16-5-8-19(9-6-16)29-23(32)14-30-25(34)21-10-7-18(27)12-22(21)26(30)35/h2-12H,13-14H2,1H3,(H,28,33)(H,29,32). The van der Waals surface area contributed by atoms with Crippen molar-refractivity contribution >= 4 is 51.2 Å². The van der Waals surface area contributed by atoms with Gasteiger partial charge < -0.3 is 15.4 Å². The first-order chi connectivity index (χ1) is 17.2. The van der Waals surface area contributed by atoms with Gasteiger partial charge in [-0.05, 0) is 54.1 Å². The minimum absolute atomic E-state index is 0.232. The molecule has 1 heterocycles. The first-order valence-electron chi connectivity index (χ1n) is 10.8. The fraction of sp³-hybridized carbons (Fsp3) is 0.115. The molecule has 0 spiro atoms. The summed E-state index contributed by atoms with van der Waals surface area (Å²) in [7, 11) is 0. The molecule has 3 aromatic carbocycles. The van der Waals surface area contributed by atoms with E-state index >= 15 is 0 Å². The molecule has 0 aliphatic carbocycles. The maximum Gasteiger partial charge on any atom is 0.308 e. The summed E-state index contributed by atoms with van der Waals surface area (Å²) in [6, 6.07) is 17.8. The van der Waals surface area contributed by atoms with Gasteiger partial charge in [0.25, 0.3) is 17.7 Å². The highest BCUT2D eigenvalue weighted by molar-refractivity contribution is 9.10. The van der Waals surface area contributed by atoms with E-state index in [0.717, 1.165) is 10.5 Å². The van der Waals surface area contributed by atoms with Crippen molar-refractivity contribution in [2.45, 2.75) is 13.5 Å². The van der Waals surface area contributed by atoms with Crippen LogP contribution in [0.3, 0.4) is 0 Å². The zero-order valence-corrected chi connectivity index (χ0v) is 20.6. The predicted octanol–water partition coefficient (Wildman–Crippen LogP) is 3.54. The molecule has 0 saturated heterocycles. The Morgan fingerprint density at radius 2 is 1.64 bits per heavy atom. The van der Waals surface area contributed by atoms with E-state index in [4.69, 9.17) is 4.74 Å². The van der Waals surface area contributed by atoms with E-state index in [1.54, 1.807) is 60.7 Å². The van der Waals surface area contributed by atoms with E-state index in [1.807, 2.05) is 0 Å². The average Bonchev–Trinajstić information content (AvgIpc) is 3.07. The van der Waals surface area contributed by atoms with E-state index < -0.39 is 30.2 Å². The topological polar surface area (TPSA) is 122 Å². The molecule has 0 aromatic heterocycles. The van der Waals surface area contributed by atoms with Crippen LogP contribution >= 0.6 is 15.9 Å². The van der Waals surface area contributed by atoms with Crippen LogP contribution in [0, 0.1) is 0 Å². The molecule has 2 N–H and O–H groups in total. The third kappa shape index (κ3) is 5.66. The molecule has 1 aliphatic heterocycles. The summed E-state index contributed by atoms with van der Waals surface area (Å²) >= 11 is 3.27. The van der Waals surface area contributed by atoms with Crippen molar-refractivity contribution < 1.29 is 28.7 Å². The zero-order chi connectivity index (χ0) is 25.8. The highest BCUT2D eigenvalue weighted by atomic mass is 79.9. The van der Waals surface area contributed by atoms with Crippen molar-refractivity contribution in [1.82, 2.24) is 10.2 Å². The second kappa shape index (κ2) is 10.5. The number of rotatable bonds is 7. The number of nitrogens with zero attached hydrogens (tertiary/aromatic N) is 1. The Morgan fingerprint density at radius 1 is 0.917 bits per heavy atom. The average molecular weight is 550 g/mol. The lowest BCUT2D eigenvalue weighted by molar-refractivity contribution is -0.131. The first-order valence-corrected chi connectivity index (χ1v) is 11.6. The molecule has 0 radical (unpaired) electrons. The van der Waals surface area contributed by atoms with Crippen molar-refractivity contribution in [3.8, 4) is 5.75 Å². The molecular formula is C26H20BrN3O6. The predicted molar refractivity (Wildman–Crippen MR) is 134 cm³/mol. The Bertz CT molecular complexity index is 1390. The lowest BCUT2D eigenvalue weighted by Gasteiger charge is -2.14. The van der Waals surface area contributed by atoms with Crippen LogP contribution in [0.25, 0.3) is 0 Å². The number of imide groups is 1. The quantitative estimate of drug-likeness (QED) is 0.264. The number of hydrogen-bond donors (Lipinski definition) is 2. The maximum atomic E-state index is 12.5. The SMILES string of the molecule is CC(=O)Oc1cccc(C(=O)NCc2ccc(NC(=O)CN3C(=O)c4ccc(Br)cc4C3=O)cc2)c1. The van der Waals surface area contributed by atoms with Crippen molar-refractivity contribution in [2.24, 2.45) is 0 Å². The largest absolute Gasteiger partial charge is 0.427 e. The fourth-order valence-electron chi connectivity index (χ4n) is 3.61. The van der Waals surface area contributed by atoms with E-state index in [1.165, 1.54) is 13.0 Å². The summed E-state index contributed by atoms with van der Waals surface area (Å²) in [5.74, 6) is -2.08. The second-order valence-corrected chi connectivity index (χ2v) is 8.85. The van der Waals surface area contributed by atoms with Gasteiger partial charge in [-0.1, -0.05) is 34.1 Å². The van der Waals surface area contributed by atoms with Crippen LogP contribution in [-0.2, 0) is 16.1 Å². The van der Waals surface area contributed by atoms with Gasteiger partial charge in [-0.2, -0.15) is 0 Å². The molecule has 0 saturated carbocycles. The Hall–Kier alpha value is -4.31. The van der Waals surface area contributed by atoms with Crippen molar-refractivity contribution in [3.63, 3.8) is 0 Å². The maximum absolute atomic E-state index is 12.5. The lowest BCUT2D eigenvalue weighted by Crippen LogP contribution is -2.37. The van der Waals surface area contributed by atoms with Crippen LogP contribution in [0.1, 0.15) is 43.6 Å². The van der Waals surface area contributed by atoms with Crippen molar-refractivity contribution in [3.05, 3.63) is 93.5 Å². The van der Waals surface area contributed by atoms with E-state index in [-0.39, 0.29) is 29.3 Å². The van der Waals surface area contributed by atoms with E-state index in [2.05, 4.69) is 26.6 Å². The van der Waals surface area contributed by atoms with E-state index in [0.29, 0.717) is 15.7 Å². The van der Waals surface area contributed by atoms with Crippen LogP contribution < -0.4 is 15.4 Å². The number of ether oxygens (including phenoxy) is 1. The molecule has 9 nitrogen and oxygen atoms in total. The molecule has 4 rings (SSSR count). The highest BCUT2D eigenvalue weighted by Gasteiger charge is 2.36. The number of fused-ring (bicyclic) bond motifs is 1. The minimum atomic E-state index is -0.518. The summed E-state index contributed by atoms with van der Waals surface area (Å²) in [5, 5.41) is 5.44. The van der Waals surface area contributed by atoms with Gasteiger partial charge in [0, 0.05) is 29.2 Å². The smallest absolute Gasteiger partial charge is 0.308 e. The van der Waals surface area contributed by atoms with Gasteiger partial charge in [0.15, 0.2) is 0 Å². The Labute approximate surface area is 214 Å². The Balaban J connectivity index is 1.30. The number of carbonyl (C=O) groups excluding carboxylic acids is 5. The van der Waals surface area contributed by atoms with Gasteiger partial charge in [0.2, 0.25) is 5.91 Å². The molecule has 0 atom stereocenters. The lowest BCUT2D eigenvalue weighted by atomic mass is 10.1. The third-order valence-corrected chi connectivity index (χ3v) is 5.78. The molecule has 0 unspecified atom stereocenters. The number of anilines is 1. The number of esters is 1. The normalized spacial score (nSPS) is 12.2. The molecular weight excluding hydrogens is 530 g/mol. The van der Waals surface area contributed by atoms with Crippen LogP contribution in [0.2, 0.25) is 0 Å². The summed E-state index contributed by atoms with van der Waals surface area (Å²) in [5.41, 5.74) is 2.12. The van der Waals surface area contributed by atoms with Gasteiger partial charge >= 0.3 is 5.97 Å². The molecule has 182 valence electrons. The van der Waals surface area contributed by atoms with Crippen LogP contribution in [-0.4, -0.2) is 41.0 Å². The number of carbonyl (C=O) groups is 5.